The fourth-order valence-electron chi connectivity index (χ4n) is 3.82. The first kappa shape index (κ1) is 20.4. The summed E-state index contributed by atoms with van der Waals surface area (Å²) in [6, 6.07) is 16.9. The molecule has 0 bridgehead atoms. The molecule has 0 amide bonds. The van der Waals surface area contributed by atoms with Gasteiger partial charge in [-0.05, 0) is 24.1 Å². The highest BCUT2D eigenvalue weighted by atomic mass is 16.5. The molecule has 6 nitrogen and oxygen atoms in total. The predicted molar refractivity (Wildman–Crippen MR) is 121 cm³/mol. The molecule has 2 aromatic carbocycles. The number of hydrogen-bond acceptors (Lipinski definition) is 4. The lowest BCUT2D eigenvalue weighted by atomic mass is 10.1. The van der Waals surface area contributed by atoms with Gasteiger partial charge in [0.15, 0.2) is 5.96 Å². The molecule has 0 saturated carbocycles. The van der Waals surface area contributed by atoms with Crippen LogP contribution in [0, 0.1) is 6.92 Å². The van der Waals surface area contributed by atoms with Crippen molar-refractivity contribution in [3.05, 3.63) is 71.0 Å². The van der Waals surface area contributed by atoms with Crippen molar-refractivity contribution in [2.45, 2.75) is 26.6 Å². The molecule has 2 N–H and O–H groups in total. The molecule has 1 aliphatic heterocycles. The predicted octanol–water partition coefficient (Wildman–Crippen LogP) is 3.44. The molecule has 1 aromatic heterocycles. The number of hydrogen-bond donors (Lipinski definition) is 2. The second-order valence-corrected chi connectivity index (χ2v) is 7.63. The SMILES string of the molecule is CN=C(NCc1cccc(CN2CCOCC2)c1)NCc1oc2ccccc2c1C. The number of rotatable bonds is 6. The molecule has 0 radical (unpaired) electrons. The van der Waals surface area contributed by atoms with E-state index in [1.165, 1.54) is 16.7 Å². The Morgan fingerprint density at radius 3 is 2.57 bits per heavy atom. The number of aryl methyl sites for hydroxylation is 1. The zero-order chi connectivity index (χ0) is 20.8. The molecule has 4 rings (SSSR count). The third kappa shape index (κ3) is 5.01. The lowest BCUT2D eigenvalue weighted by Gasteiger charge is -2.26. The Labute approximate surface area is 177 Å². The Morgan fingerprint density at radius 1 is 1.00 bits per heavy atom. The van der Waals surface area contributed by atoms with E-state index in [1.807, 2.05) is 18.2 Å². The molecule has 158 valence electrons. The summed E-state index contributed by atoms with van der Waals surface area (Å²) in [5.41, 5.74) is 4.66. The quantitative estimate of drug-likeness (QED) is 0.485. The van der Waals surface area contributed by atoms with E-state index in [2.05, 4.69) is 57.8 Å². The van der Waals surface area contributed by atoms with Crippen molar-refractivity contribution in [3.8, 4) is 0 Å². The first-order chi connectivity index (χ1) is 14.7. The Hall–Kier alpha value is -2.83. The van der Waals surface area contributed by atoms with Crippen LogP contribution in [0.15, 0.2) is 57.9 Å². The summed E-state index contributed by atoms with van der Waals surface area (Å²) in [5.74, 6) is 1.69. The van der Waals surface area contributed by atoms with Crippen molar-refractivity contribution in [2.24, 2.45) is 4.99 Å². The van der Waals surface area contributed by atoms with Gasteiger partial charge < -0.3 is 19.8 Å². The largest absolute Gasteiger partial charge is 0.459 e. The zero-order valence-electron chi connectivity index (χ0n) is 17.8. The molecule has 0 spiro atoms. The van der Waals surface area contributed by atoms with E-state index >= 15 is 0 Å². The minimum absolute atomic E-state index is 0.595. The standard InChI is InChI=1S/C24H30N4O2/c1-18-21-8-3-4-9-22(21)30-23(18)16-27-24(25-2)26-15-19-6-5-7-20(14-19)17-28-10-12-29-13-11-28/h3-9,14H,10-13,15-17H2,1-2H3,(H2,25,26,27). The summed E-state index contributed by atoms with van der Waals surface area (Å²) in [4.78, 5) is 6.79. The van der Waals surface area contributed by atoms with Crippen molar-refractivity contribution < 1.29 is 9.15 Å². The van der Waals surface area contributed by atoms with Crippen LogP contribution in [0.3, 0.4) is 0 Å². The van der Waals surface area contributed by atoms with E-state index in [9.17, 15) is 0 Å². The van der Waals surface area contributed by atoms with Gasteiger partial charge in [-0.2, -0.15) is 0 Å². The molecule has 1 saturated heterocycles. The summed E-state index contributed by atoms with van der Waals surface area (Å²) in [6.07, 6.45) is 0. The number of morpholine rings is 1. The minimum Gasteiger partial charge on any atom is -0.459 e. The van der Waals surface area contributed by atoms with Crippen LogP contribution < -0.4 is 10.6 Å². The fourth-order valence-corrected chi connectivity index (χ4v) is 3.82. The highest BCUT2D eigenvalue weighted by Crippen LogP contribution is 2.24. The second-order valence-electron chi connectivity index (χ2n) is 7.63. The third-order valence-electron chi connectivity index (χ3n) is 5.54. The molecule has 1 aliphatic rings. The fraction of sp³-hybridized carbons (Fsp3) is 0.375. The van der Waals surface area contributed by atoms with Gasteiger partial charge in [-0.15, -0.1) is 0 Å². The number of furan rings is 1. The number of aliphatic imine (C=N–C) groups is 1. The molecule has 1 fully saturated rings. The van der Waals surface area contributed by atoms with Crippen LogP contribution in [0.2, 0.25) is 0 Å². The van der Waals surface area contributed by atoms with Crippen molar-refractivity contribution in [2.75, 3.05) is 33.4 Å². The van der Waals surface area contributed by atoms with Gasteiger partial charge >= 0.3 is 0 Å². The van der Waals surface area contributed by atoms with Gasteiger partial charge in [0.25, 0.3) is 0 Å². The van der Waals surface area contributed by atoms with Gasteiger partial charge in [-0.1, -0.05) is 42.5 Å². The number of ether oxygens (including phenoxy) is 1. The van der Waals surface area contributed by atoms with Crippen molar-refractivity contribution in [1.82, 2.24) is 15.5 Å². The van der Waals surface area contributed by atoms with Crippen LogP contribution in [-0.4, -0.2) is 44.2 Å². The van der Waals surface area contributed by atoms with E-state index in [1.54, 1.807) is 7.05 Å². The Bertz CT molecular complexity index is 1010. The smallest absolute Gasteiger partial charge is 0.191 e. The number of guanidine groups is 1. The maximum atomic E-state index is 5.99. The lowest BCUT2D eigenvalue weighted by molar-refractivity contribution is 0.0342. The van der Waals surface area contributed by atoms with Crippen LogP contribution in [0.25, 0.3) is 11.0 Å². The molecule has 2 heterocycles. The average Bonchev–Trinajstić information content (AvgIpc) is 3.11. The van der Waals surface area contributed by atoms with Gasteiger partial charge in [0.2, 0.25) is 0 Å². The number of fused-ring (bicyclic) bond motifs is 1. The van der Waals surface area contributed by atoms with E-state index in [-0.39, 0.29) is 0 Å². The maximum Gasteiger partial charge on any atom is 0.191 e. The molecule has 30 heavy (non-hydrogen) atoms. The van der Waals surface area contributed by atoms with Crippen LogP contribution >= 0.6 is 0 Å². The van der Waals surface area contributed by atoms with Crippen molar-refractivity contribution in [3.63, 3.8) is 0 Å². The summed E-state index contributed by atoms with van der Waals surface area (Å²) in [5, 5.41) is 7.93. The molecule has 0 aliphatic carbocycles. The first-order valence-electron chi connectivity index (χ1n) is 10.5. The lowest BCUT2D eigenvalue weighted by Crippen LogP contribution is -2.36. The topological polar surface area (TPSA) is 62.0 Å². The monoisotopic (exact) mass is 406 g/mol. The van der Waals surface area contributed by atoms with Crippen LogP contribution in [-0.2, 0) is 24.4 Å². The third-order valence-corrected chi connectivity index (χ3v) is 5.54. The summed E-state index contributed by atoms with van der Waals surface area (Å²) < 4.78 is 11.4. The van der Waals surface area contributed by atoms with E-state index in [0.29, 0.717) is 6.54 Å². The Morgan fingerprint density at radius 2 is 1.77 bits per heavy atom. The Kier molecular flexibility index (Phi) is 6.67. The van der Waals surface area contributed by atoms with Gasteiger partial charge in [-0.25, -0.2) is 0 Å². The van der Waals surface area contributed by atoms with Gasteiger partial charge in [0, 0.05) is 44.2 Å². The average molecular weight is 407 g/mol. The van der Waals surface area contributed by atoms with Gasteiger partial charge in [0.05, 0.1) is 19.8 Å². The van der Waals surface area contributed by atoms with Crippen LogP contribution in [0.5, 0.6) is 0 Å². The van der Waals surface area contributed by atoms with E-state index in [0.717, 1.165) is 62.1 Å². The maximum absolute atomic E-state index is 5.99. The summed E-state index contributed by atoms with van der Waals surface area (Å²) >= 11 is 0. The minimum atomic E-state index is 0.595. The zero-order valence-corrected chi connectivity index (χ0v) is 17.8. The second kappa shape index (κ2) is 9.78. The van der Waals surface area contributed by atoms with Crippen molar-refractivity contribution in [1.29, 1.82) is 0 Å². The number of benzene rings is 2. The van der Waals surface area contributed by atoms with Crippen molar-refractivity contribution >= 4 is 16.9 Å². The molecule has 0 atom stereocenters. The van der Waals surface area contributed by atoms with Crippen LogP contribution in [0.1, 0.15) is 22.5 Å². The highest BCUT2D eigenvalue weighted by molar-refractivity contribution is 5.82. The normalized spacial score (nSPS) is 15.5. The number of nitrogens with zero attached hydrogens (tertiary/aromatic N) is 2. The highest BCUT2D eigenvalue weighted by Gasteiger charge is 2.12. The molecular formula is C24H30N4O2. The molecule has 0 unspecified atom stereocenters. The summed E-state index contributed by atoms with van der Waals surface area (Å²) in [6.45, 7) is 8.03. The molecular weight excluding hydrogens is 376 g/mol. The van der Waals surface area contributed by atoms with E-state index in [4.69, 9.17) is 9.15 Å². The molecule has 6 heteroatoms. The number of para-hydroxylation sites is 1. The number of nitrogens with one attached hydrogen (secondary N) is 2. The first-order valence-corrected chi connectivity index (χ1v) is 10.5. The van der Waals surface area contributed by atoms with Crippen LogP contribution in [0.4, 0.5) is 0 Å². The summed E-state index contributed by atoms with van der Waals surface area (Å²) in [7, 11) is 1.79. The van der Waals surface area contributed by atoms with E-state index < -0.39 is 0 Å². The van der Waals surface area contributed by atoms with Gasteiger partial charge in [-0.3, -0.25) is 9.89 Å². The molecule has 3 aromatic rings. The van der Waals surface area contributed by atoms with Gasteiger partial charge in [0.1, 0.15) is 11.3 Å². The Balaban J connectivity index is 1.32.